The molecule has 1 aliphatic rings. The Morgan fingerprint density at radius 2 is 0.980 bits per heavy atom. The van der Waals surface area contributed by atoms with E-state index in [1.165, 1.54) is 54.4 Å². The predicted molar refractivity (Wildman–Crippen MR) is 208 cm³/mol. The molecule has 0 radical (unpaired) electrons. The lowest BCUT2D eigenvalue weighted by Gasteiger charge is -2.45. The van der Waals surface area contributed by atoms with Gasteiger partial charge in [-0.25, -0.2) is 9.89 Å². The molecule has 2 unspecified atom stereocenters. The van der Waals surface area contributed by atoms with E-state index in [0.717, 1.165) is 22.6 Å². The molecule has 7 aromatic carbocycles. The minimum absolute atomic E-state index is 0.0546. The molecule has 0 bridgehead atoms. The Morgan fingerprint density at radius 1 is 0.480 bits per heavy atom. The van der Waals surface area contributed by atoms with Crippen LogP contribution >= 0.6 is 0 Å². The standard InChI is InChI=1S/C45H35N5/c1-47-43(30-18-6-3-7-19-30)46-45(48(2)44(47)31-20-8-4-9-21-31)50-38-29-17-15-27-36(38)40-34-25-13-12-24-33(34)39-35-26-14-16-28-37(35)49(41(39)42(40)50)32-22-10-5-11-23-32/h3-29,44-45H,1-2H3. The zero-order valence-corrected chi connectivity index (χ0v) is 28.0. The van der Waals surface area contributed by atoms with Crippen molar-refractivity contribution >= 4 is 60.2 Å². The van der Waals surface area contributed by atoms with Crippen LogP contribution in [0.15, 0.2) is 169 Å². The first-order chi connectivity index (χ1) is 24.7. The van der Waals surface area contributed by atoms with Crippen molar-refractivity contribution in [2.24, 2.45) is 4.99 Å². The maximum atomic E-state index is 5.70. The minimum atomic E-state index is -0.347. The normalized spacial score (nSPS) is 17.0. The van der Waals surface area contributed by atoms with Gasteiger partial charge in [-0.3, -0.25) is 0 Å². The molecule has 10 rings (SSSR count). The number of benzene rings is 7. The summed E-state index contributed by atoms with van der Waals surface area (Å²) < 4.78 is 4.99. The van der Waals surface area contributed by atoms with E-state index in [9.17, 15) is 0 Å². The number of aliphatic imine (C=N–C) groups is 1. The first-order valence-corrected chi connectivity index (χ1v) is 17.3. The van der Waals surface area contributed by atoms with E-state index in [0.29, 0.717) is 0 Å². The van der Waals surface area contributed by atoms with Gasteiger partial charge in [0.25, 0.3) is 0 Å². The summed E-state index contributed by atoms with van der Waals surface area (Å²) in [6.45, 7) is 0. The van der Waals surface area contributed by atoms with Crippen LogP contribution in [0.4, 0.5) is 0 Å². The topological polar surface area (TPSA) is 28.7 Å². The quantitative estimate of drug-likeness (QED) is 0.191. The van der Waals surface area contributed by atoms with E-state index in [-0.39, 0.29) is 12.5 Å². The van der Waals surface area contributed by atoms with Crippen LogP contribution in [0.2, 0.25) is 0 Å². The number of aromatic nitrogens is 2. The summed E-state index contributed by atoms with van der Waals surface area (Å²) in [5, 5.41) is 7.50. The van der Waals surface area contributed by atoms with Gasteiger partial charge in [-0.15, -0.1) is 0 Å². The van der Waals surface area contributed by atoms with Gasteiger partial charge in [0, 0.05) is 39.8 Å². The first-order valence-electron chi connectivity index (χ1n) is 17.3. The molecule has 0 saturated heterocycles. The maximum absolute atomic E-state index is 5.70. The van der Waals surface area contributed by atoms with E-state index < -0.39 is 0 Å². The third-order valence-electron chi connectivity index (χ3n) is 10.5. The molecular formula is C45H35N5. The second-order valence-corrected chi connectivity index (χ2v) is 13.3. The predicted octanol–water partition coefficient (Wildman–Crippen LogP) is 10.5. The van der Waals surface area contributed by atoms with Crippen molar-refractivity contribution in [3.63, 3.8) is 0 Å². The summed E-state index contributed by atoms with van der Waals surface area (Å²) in [7, 11) is 4.39. The van der Waals surface area contributed by atoms with Crippen molar-refractivity contribution in [3.05, 3.63) is 175 Å². The lowest BCUT2D eigenvalue weighted by molar-refractivity contribution is 0.0443. The lowest BCUT2D eigenvalue weighted by atomic mass is 9.98. The van der Waals surface area contributed by atoms with Gasteiger partial charge in [-0.2, -0.15) is 0 Å². The Bertz CT molecular complexity index is 2740. The van der Waals surface area contributed by atoms with Gasteiger partial charge < -0.3 is 14.0 Å². The molecule has 1 aliphatic heterocycles. The highest BCUT2D eigenvalue weighted by Gasteiger charge is 2.37. The van der Waals surface area contributed by atoms with Gasteiger partial charge in [-0.05, 0) is 47.6 Å². The monoisotopic (exact) mass is 645 g/mol. The Kier molecular flexibility index (Phi) is 6.45. The Hall–Kier alpha value is -6.17. The average Bonchev–Trinajstić information content (AvgIpc) is 3.70. The van der Waals surface area contributed by atoms with Gasteiger partial charge in [-0.1, -0.05) is 140 Å². The molecule has 0 spiro atoms. The van der Waals surface area contributed by atoms with Crippen molar-refractivity contribution in [2.45, 2.75) is 12.5 Å². The van der Waals surface area contributed by atoms with Gasteiger partial charge in [0.15, 0.2) is 6.29 Å². The van der Waals surface area contributed by atoms with Crippen molar-refractivity contribution < 1.29 is 0 Å². The summed E-state index contributed by atoms with van der Waals surface area (Å²) >= 11 is 0. The van der Waals surface area contributed by atoms with Gasteiger partial charge in [0.2, 0.25) is 0 Å². The summed E-state index contributed by atoms with van der Waals surface area (Å²) in [4.78, 5) is 10.4. The highest BCUT2D eigenvalue weighted by atomic mass is 15.5. The molecule has 0 saturated carbocycles. The number of fused-ring (bicyclic) bond motifs is 10. The van der Waals surface area contributed by atoms with Crippen LogP contribution in [-0.4, -0.2) is 38.9 Å². The number of hydrogen-bond acceptors (Lipinski definition) is 3. The highest BCUT2D eigenvalue weighted by Crippen LogP contribution is 2.48. The molecular weight excluding hydrogens is 611 g/mol. The summed E-state index contributed by atoms with van der Waals surface area (Å²) in [5.41, 5.74) is 8.19. The fourth-order valence-corrected chi connectivity index (χ4v) is 8.51. The third-order valence-corrected chi connectivity index (χ3v) is 10.5. The van der Waals surface area contributed by atoms with Crippen LogP contribution in [-0.2, 0) is 0 Å². The fourth-order valence-electron chi connectivity index (χ4n) is 8.51. The fraction of sp³-hybridized carbons (Fsp3) is 0.0889. The molecule has 5 heteroatoms. The van der Waals surface area contributed by atoms with Gasteiger partial charge in [0.05, 0.1) is 22.1 Å². The van der Waals surface area contributed by atoms with E-state index in [2.05, 4.69) is 197 Å². The zero-order valence-electron chi connectivity index (χ0n) is 28.0. The SMILES string of the molecule is CN1C(c2ccccc2)=NC(n2c3ccccc3c3c4ccccc4c4c5ccccc5n(-c5ccccc5)c4c32)N(C)C1c1ccccc1. The van der Waals surface area contributed by atoms with E-state index in [4.69, 9.17) is 4.99 Å². The van der Waals surface area contributed by atoms with Crippen molar-refractivity contribution in [1.29, 1.82) is 0 Å². The summed E-state index contributed by atoms with van der Waals surface area (Å²) in [6.07, 6.45) is -0.401. The van der Waals surface area contributed by atoms with Gasteiger partial charge >= 0.3 is 0 Å². The molecule has 0 aliphatic carbocycles. The van der Waals surface area contributed by atoms with E-state index >= 15 is 0 Å². The lowest BCUT2D eigenvalue weighted by Crippen LogP contribution is -2.48. The molecule has 9 aromatic rings. The molecule has 2 aromatic heterocycles. The Labute approximate surface area is 290 Å². The molecule has 50 heavy (non-hydrogen) atoms. The largest absolute Gasteiger partial charge is 0.339 e. The average molecular weight is 646 g/mol. The van der Waals surface area contributed by atoms with Crippen LogP contribution in [0.1, 0.15) is 23.6 Å². The maximum Gasteiger partial charge on any atom is 0.187 e. The highest BCUT2D eigenvalue weighted by molar-refractivity contribution is 6.36. The number of para-hydroxylation sites is 3. The van der Waals surface area contributed by atoms with Crippen molar-refractivity contribution in [3.8, 4) is 5.69 Å². The second kappa shape index (κ2) is 11.2. The smallest absolute Gasteiger partial charge is 0.187 e. The Balaban J connectivity index is 1.42. The molecule has 0 N–H and O–H groups in total. The van der Waals surface area contributed by atoms with Gasteiger partial charge in [0.1, 0.15) is 12.0 Å². The zero-order chi connectivity index (χ0) is 33.3. The first kappa shape index (κ1) is 28.8. The second-order valence-electron chi connectivity index (χ2n) is 13.3. The van der Waals surface area contributed by atoms with Crippen LogP contribution in [0.3, 0.4) is 0 Å². The van der Waals surface area contributed by atoms with Crippen LogP contribution in [0.5, 0.6) is 0 Å². The summed E-state index contributed by atoms with van der Waals surface area (Å²) in [5.74, 6) is 0.967. The number of nitrogens with zero attached hydrogens (tertiary/aromatic N) is 5. The molecule has 240 valence electrons. The molecule has 0 amide bonds. The molecule has 0 fully saturated rings. The number of hydrogen-bond donors (Lipinski definition) is 0. The van der Waals surface area contributed by atoms with E-state index in [1.807, 2.05) is 0 Å². The molecule has 5 nitrogen and oxygen atoms in total. The Morgan fingerprint density at radius 3 is 1.64 bits per heavy atom. The number of rotatable bonds is 4. The van der Waals surface area contributed by atoms with Crippen LogP contribution in [0, 0.1) is 0 Å². The number of amidine groups is 1. The van der Waals surface area contributed by atoms with E-state index in [1.54, 1.807) is 0 Å². The van der Waals surface area contributed by atoms with Crippen molar-refractivity contribution in [2.75, 3.05) is 14.1 Å². The van der Waals surface area contributed by atoms with Crippen LogP contribution < -0.4 is 0 Å². The third kappa shape index (κ3) is 4.07. The van der Waals surface area contributed by atoms with Crippen LogP contribution in [0.25, 0.3) is 60.1 Å². The van der Waals surface area contributed by atoms with Crippen molar-refractivity contribution in [1.82, 2.24) is 18.9 Å². The summed E-state index contributed by atoms with van der Waals surface area (Å²) in [6, 6.07) is 58.9. The minimum Gasteiger partial charge on any atom is -0.339 e. The molecule has 3 heterocycles. The molecule has 2 atom stereocenters.